The van der Waals surface area contributed by atoms with Gasteiger partial charge in [0, 0.05) is 11.3 Å². The van der Waals surface area contributed by atoms with Crippen LogP contribution in [-0.4, -0.2) is 23.2 Å². The molecular weight excluding hydrogens is 218 g/mol. The molecule has 0 spiro atoms. The molecule has 0 aliphatic carbocycles. The van der Waals surface area contributed by atoms with Crippen molar-refractivity contribution in [3.8, 4) is 17.0 Å². The molecule has 2 N–H and O–H groups in total. The molecule has 1 aromatic carbocycles. The number of aromatic amines is 1. The fourth-order valence-corrected chi connectivity index (χ4v) is 1.79. The third-order valence-corrected chi connectivity index (χ3v) is 2.64. The molecule has 4 nitrogen and oxygen atoms in total. The van der Waals surface area contributed by atoms with Crippen molar-refractivity contribution in [1.82, 2.24) is 4.98 Å². The Morgan fingerprint density at radius 2 is 2.06 bits per heavy atom. The Bertz CT molecular complexity index is 558. The van der Waals surface area contributed by atoms with E-state index in [4.69, 9.17) is 9.84 Å². The number of rotatable bonds is 3. The van der Waals surface area contributed by atoms with Crippen LogP contribution in [0.1, 0.15) is 16.1 Å². The van der Waals surface area contributed by atoms with Gasteiger partial charge in [0.25, 0.3) is 0 Å². The molecule has 17 heavy (non-hydrogen) atoms. The van der Waals surface area contributed by atoms with Crippen molar-refractivity contribution in [2.24, 2.45) is 0 Å². The van der Waals surface area contributed by atoms with E-state index in [9.17, 15) is 4.79 Å². The largest absolute Gasteiger partial charge is 0.496 e. The van der Waals surface area contributed by atoms with Crippen molar-refractivity contribution in [1.29, 1.82) is 0 Å². The number of nitrogens with one attached hydrogen (secondary N) is 1. The molecule has 2 aromatic rings. The SMILES string of the molecule is COc1ccccc1-c1cc(C(=O)O)c(C)[nH]1. The second-order valence-corrected chi connectivity index (χ2v) is 3.73. The highest BCUT2D eigenvalue weighted by Crippen LogP contribution is 2.30. The number of carboxylic acids is 1. The smallest absolute Gasteiger partial charge is 0.337 e. The fraction of sp³-hybridized carbons (Fsp3) is 0.154. The summed E-state index contributed by atoms with van der Waals surface area (Å²) in [4.78, 5) is 14.0. The van der Waals surface area contributed by atoms with E-state index in [-0.39, 0.29) is 5.56 Å². The summed E-state index contributed by atoms with van der Waals surface area (Å²) < 4.78 is 5.24. The van der Waals surface area contributed by atoms with Gasteiger partial charge in [0.05, 0.1) is 18.4 Å². The van der Waals surface area contributed by atoms with Crippen LogP contribution in [0.15, 0.2) is 30.3 Å². The number of para-hydroxylation sites is 1. The number of hydrogen-bond acceptors (Lipinski definition) is 2. The van der Waals surface area contributed by atoms with E-state index >= 15 is 0 Å². The normalized spacial score (nSPS) is 10.2. The summed E-state index contributed by atoms with van der Waals surface area (Å²) in [5, 5.41) is 9.00. The summed E-state index contributed by atoms with van der Waals surface area (Å²) in [5.74, 6) is -0.217. The van der Waals surface area contributed by atoms with Gasteiger partial charge in [-0.25, -0.2) is 4.79 Å². The monoisotopic (exact) mass is 231 g/mol. The minimum Gasteiger partial charge on any atom is -0.496 e. The molecule has 1 aromatic heterocycles. The maximum absolute atomic E-state index is 11.0. The summed E-state index contributed by atoms with van der Waals surface area (Å²) in [5.41, 5.74) is 2.52. The molecule has 0 saturated heterocycles. The highest BCUT2D eigenvalue weighted by Gasteiger charge is 2.14. The van der Waals surface area contributed by atoms with Gasteiger partial charge < -0.3 is 14.8 Å². The molecule has 0 bridgehead atoms. The molecule has 0 atom stereocenters. The first-order valence-electron chi connectivity index (χ1n) is 5.19. The zero-order valence-electron chi connectivity index (χ0n) is 9.65. The predicted octanol–water partition coefficient (Wildman–Crippen LogP) is 2.70. The van der Waals surface area contributed by atoms with Crippen molar-refractivity contribution < 1.29 is 14.6 Å². The lowest BCUT2D eigenvalue weighted by atomic mass is 10.1. The third kappa shape index (κ3) is 2.01. The Balaban J connectivity index is 2.53. The van der Waals surface area contributed by atoms with Crippen molar-refractivity contribution in [3.05, 3.63) is 41.6 Å². The van der Waals surface area contributed by atoms with Crippen LogP contribution < -0.4 is 4.74 Å². The second-order valence-electron chi connectivity index (χ2n) is 3.73. The van der Waals surface area contributed by atoms with Crippen LogP contribution in [0.5, 0.6) is 5.75 Å². The molecule has 0 fully saturated rings. The fourth-order valence-electron chi connectivity index (χ4n) is 1.79. The van der Waals surface area contributed by atoms with Gasteiger partial charge in [-0.05, 0) is 25.1 Å². The van der Waals surface area contributed by atoms with E-state index in [1.165, 1.54) is 0 Å². The van der Waals surface area contributed by atoms with Crippen molar-refractivity contribution in [3.63, 3.8) is 0 Å². The first kappa shape index (κ1) is 11.3. The van der Waals surface area contributed by atoms with Gasteiger partial charge >= 0.3 is 5.97 Å². The van der Waals surface area contributed by atoms with Crippen LogP contribution in [-0.2, 0) is 0 Å². The lowest BCUT2D eigenvalue weighted by Gasteiger charge is -2.05. The van der Waals surface area contributed by atoms with E-state index in [1.807, 2.05) is 24.3 Å². The number of H-pyrrole nitrogens is 1. The van der Waals surface area contributed by atoms with Crippen molar-refractivity contribution in [2.75, 3.05) is 7.11 Å². The molecule has 0 aliphatic heterocycles. The number of benzene rings is 1. The number of carboxylic acid groups (broad SMARTS) is 1. The molecule has 1 heterocycles. The second kappa shape index (κ2) is 4.33. The average Bonchev–Trinajstić information content (AvgIpc) is 2.71. The maximum Gasteiger partial charge on any atom is 0.337 e. The summed E-state index contributed by atoms with van der Waals surface area (Å²) >= 11 is 0. The van der Waals surface area contributed by atoms with E-state index in [0.29, 0.717) is 11.4 Å². The lowest BCUT2D eigenvalue weighted by Crippen LogP contribution is -1.95. The van der Waals surface area contributed by atoms with Crippen LogP contribution in [0, 0.1) is 6.92 Å². The first-order chi connectivity index (χ1) is 8.13. The standard InChI is InChI=1S/C13H13NO3/c1-8-10(13(15)16)7-11(14-8)9-5-3-4-6-12(9)17-2/h3-7,14H,1-2H3,(H,15,16). The third-order valence-electron chi connectivity index (χ3n) is 2.64. The van der Waals surface area contributed by atoms with Crippen molar-refractivity contribution >= 4 is 5.97 Å². The van der Waals surface area contributed by atoms with Crippen LogP contribution in [0.3, 0.4) is 0 Å². The Morgan fingerprint density at radius 3 is 2.65 bits per heavy atom. The first-order valence-corrected chi connectivity index (χ1v) is 5.19. The molecule has 0 aliphatic rings. The van der Waals surface area contributed by atoms with Crippen LogP contribution in [0.2, 0.25) is 0 Å². The quantitative estimate of drug-likeness (QED) is 0.853. The van der Waals surface area contributed by atoms with Crippen LogP contribution >= 0.6 is 0 Å². The Labute approximate surface area is 98.9 Å². The number of aromatic nitrogens is 1. The maximum atomic E-state index is 11.0. The molecule has 0 unspecified atom stereocenters. The summed E-state index contributed by atoms with van der Waals surface area (Å²) in [6.45, 7) is 1.74. The highest BCUT2D eigenvalue weighted by molar-refractivity contribution is 5.91. The molecule has 0 amide bonds. The topological polar surface area (TPSA) is 62.3 Å². The average molecular weight is 231 g/mol. The minimum absolute atomic E-state index is 0.283. The predicted molar refractivity (Wildman–Crippen MR) is 64.5 cm³/mol. The zero-order valence-corrected chi connectivity index (χ0v) is 9.65. The zero-order chi connectivity index (χ0) is 12.4. The van der Waals surface area contributed by atoms with E-state index < -0.39 is 5.97 Å². The Hall–Kier alpha value is -2.23. The Morgan fingerprint density at radius 1 is 1.35 bits per heavy atom. The number of hydrogen-bond donors (Lipinski definition) is 2. The molecule has 88 valence electrons. The number of carbonyl (C=O) groups is 1. The van der Waals surface area contributed by atoms with Gasteiger partial charge in [-0.3, -0.25) is 0 Å². The molecule has 2 rings (SSSR count). The van der Waals surface area contributed by atoms with Gasteiger partial charge in [0.1, 0.15) is 5.75 Å². The van der Waals surface area contributed by atoms with Gasteiger partial charge in [-0.1, -0.05) is 12.1 Å². The summed E-state index contributed by atoms with van der Waals surface area (Å²) in [6.07, 6.45) is 0. The van der Waals surface area contributed by atoms with E-state index in [1.54, 1.807) is 20.1 Å². The molecular formula is C13H13NO3. The number of methoxy groups -OCH3 is 1. The lowest BCUT2D eigenvalue weighted by molar-refractivity contribution is 0.0696. The number of ether oxygens (including phenoxy) is 1. The molecule has 0 saturated carbocycles. The van der Waals surface area contributed by atoms with Crippen molar-refractivity contribution in [2.45, 2.75) is 6.92 Å². The van der Waals surface area contributed by atoms with Gasteiger partial charge in [-0.15, -0.1) is 0 Å². The van der Waals surface area contributed by atoms with E-state index in [0.717, 1.165) is 11.3 Å². The van der Waals surface area contributed by atoms with E-state index in [2.05, 4.69) is 4.98 Å². The summed E-state index contributed by atoms with van der Waals surface area (Å²) in [7, 11) is 1.59. The van der Waals surface area contributed by atoms with Gasteiger partial charge in [0.2, 0.25) is 0 Å². The minimum atomic E-state index is -0.931. The number of aryl methyl sites for hydroxylation is 1. The van der Waals surface area contributed by atoms with Crippen LogP contribution in [0.4, 0.5) is 0 Å². The van der Waals surface area contributed by atoms with Crippen LogP contribution in [0.25, 0.3) is 11.3 Å². The Kier molecular flexibility index (Phi) is 2.87. The number of aromatic carboxylic acids is 1. The highest BCUT2D eigenvalue weighted by atomic mass is 16.5. The van der Waals surface area contributed by atoms with Gasteiger partial charge in [0.15, 0.2) is 0 Å². The van der Waals surface area contributed by atoms with Gasteiger partial charge in [-0.2, -0.15) is 0 Å². The molecule has 0 radical (unpaired) electrons. The summed E-state index contributed by atoms with van der Waals surface area (Å²) in [6, 6.07) is 9.10. The molecule has 4 heteroatoms.